The molecule has 0 aliphatic rings. The molecule has 2 N–H and O–H groups in total. The fourth-order valence-corrected chi connectivity index (χ4v) is 2.36. The Morgan fingerprint density at radius 1 is 1.35 bits per heavy atom. The Labute approximate surface area is 132 Å². The van der Waals surface area contributed by atoms with E-state index in [9.17, 15) is 0 Å². The lowest BCUT2D eigenvalue weighted by Crippen LogP contribution is -2.11. The Bertz CT molecular complexity index is 644. The SMILES string of the molecule is CC(C)c1cc(Br)ccc1Oc1ncccc1C(N)=S. The number of hydrogen-bond acceptors (Lipinski definition) is 3. The Morgan fingerprint density at radius 2 is 2.10 bits per heavy atom. The lowest BCUT2D eigenvalue weighted by molar-refractivity contribution is 0.453. The van der Waals surface area contributed by atoms with E-state index in [-0.39, 0.29) is 4.99 Å². The molecule has 0 spiro atoms. The molecule has 0 saturated carbocycles. The molecular weight excluding hydrogens is 336 g/mol. The zero-order chi connectivity index (χ0) is 14.7. The van der Waals surface area contributed by atoms with Crippen LogP contribution in [0.15, 0.2) is 41.0 Å². The molecule has 0 radical (unpaired) electrons. The lowest BCUT2D eigenvalue weighted by atomic mass is 10.0. The Morgan fingerprint density at radius 3 is 2.75 bits per heavy atom. The number of pyridine rings is 1. The molecule has 3 nitrogen and oxygen atoms in total. The summed E-state index contributed by atoms with van der Waals surface area (Å²) in [5, 5.41) is 0. The first kappa shape index (κ1) is 14.9. The van der Waals surface area contributed by atoms with Gasteiger partial charge in [0.2, 0.25) is 5.88 Å². The van der Waals surface area contributed by atoms with E-state index in [4.69, 9.17) is 22.7 Å². The van der Waals surface area contributed by atoms with Crippen LogP contribution in [-0.4, -0.2) is 9.97 Å². The van der Waals surface area contributed by atoms with Crippen molar-refractivity contribution in [3.05, 3.63) is 52.1 Å². The summed E-state index contributed by atoms with van der Waals surface area (Å²) in [6.07, 6.45) is 1.66. The standard InChI is InChI=1S/C15H15BrN2OS/c1-9(2)12-8-10(16)5-6-13(12)19-15-11(14(17)20)4-3-7-18-15/h3-9H,1-2H3,(H2,17,20). The number of benzene rings is 1. The summed E-state index contributed by atoms with van der Waals surface area (Å²) in [7, 11) is 0. The van der Waals surface area contributed by atoms with E-state index >= 15 is 0 Å². The van der Waals surface area contributed by atoms with Gasteiger partial charge in [-0.05, 0) is 41.8 Å². The first-order valence-electron chi connectivity index (χ1n) is 6.21. The maximum absolute atomic E-state index is 5.92. The highest BCUT2D eigenvalue weighted by molar-refractivity contribution is 9.10. The topological polar surface area (TPSA) is 48.1 Å². The minimum atomic E-state index is 0.274. The van der Waals surface area contributed by atoms with Crippen LogP contribution in [0, 0.1) is 0 Å². The number of thiocarbonyl (C=S) groups is 1. The summed E-state index contributed by atoms with van der Waals surface area (Å²) in [6, 6.07) is 9.48. The summed E-state index contributed by atoms with van der Waals surface area (Å²) in [4.78, 5) is 4.49. The molecule has 2 aromatic rings. The Hall–Kier alpha value is -1.46. The van der Waals surface area contributed by atoms with E-state index in [1.165, 1.54) is 0 Å². The van der Waals surface area contributed by atoms with Crippen molar-refractivity contribution in [2.45, 2.75) is 19.8 Å². The lowest BCUT2D eigenvalue weighted by Gasteiger charge is -2.15. The van der Waals surface area contributed by atoms with Crippen LogP contribution in [0.5, 0.6) is 11.6 Å². The molecule has 20 heavy (non-hydrogen) atoms. The molecule has 0 fully saturated rings. The maximum Gasteiger partial charge on any atom is 0.229 e. The third-order valence-electron chi connectivity index (χ3n) is 2.84. The summed E-state index contributed by atoms with van der Waals surface area (Å²) in [5.41, 5.74) is 7.43. The molecule has 104 valence electrons. The predicted octanol–water partition coefficient (Wildman–Crippen LogP) is 4.39. The van der Waals surface area contributed by atoms with E-state index in [0.29, 0.717) is 17.4 Å². The van der Waals surface area contributed by atoms with Crippen molar-refractivity contribution in [1.29, 1.82) is 0 Å². The molecule has 0 aliphatic carbocycles. The average molecular weight is 351 g/mol. The quantitative estimate of drug-likeness (QED) is 0.830. The van der Waals surface area contributed by atoms with Crippen molar-refractivity contribution in [2.75, 3.05) is 0 Å². The number of nitrogens with two attached hydrogens (primary N) is 1. The number of aromatic nitrogens is 1. The third-order valence-corrected chi connectivity index (χ3v) is 3.55. The second kappa shape index (κ2) is 6.33. The highest BCUT2D eigenvalue weighted by Crippen LogP contribution is 2.33. The van der Waals surface area contributed by atoms with E-state index in [0.717, 1.165) is 15.8 Å². The highest BCUT2D eigenvalue weighted by Gasteiger charge is 2.13. The minimum Gasteiger partial charge on any atom is -0.438 e. The zero-order valence-corrected chi connectivity index (χ0v) is 13.7. The number of ether oxygens (including phenoxy) is 1. The van der Waals surface area contributed by atoms with Gasteiger partial charge in [-0.15, -0.1) is 0 Å². The van der Waals surface area contributed by atoms with Crippen LogP contribution in [-0.2, 0) is 0 Å². The molecule has 0 atom stereocenters. The Balaban J connectivity index is 2.43. The summed E-state index contributed by atoms with van der Waals surface area (Å²) >= 11 is 8.50. The van der Waals surface area contributed by atoms with Gasteiger partial charge in [0.1, 0.15) is 10.7 Å². The van der Waals surface area contributed by atoms with Gasteiger partial charge >= 0.3 is 0 Å². The van der Waals surface area contributed by atoms with Crippen molar-refractivity contribution in [1.82, 2.24) is 4.98 Å². The molecule has 0 saturated heterocycles. The van der Waals surface area contributed by atoms with Gasteiger partial charge in [-0.1, -0.05) is 42.0 Å². The van der Waals surface area contributed by atoms with Crippen molar-refractivity contribution in [3.63, 3.8) is 0 Å². The molecule has 1 aromatic carbocycles. The summed E-state index contributed by atoms with van der Waals surface area (Å²) < 4.78 is 6.94. The van der Waals surface area contributed by atoms with Crippen LogP contribution in [0.4, 0.5) is 0 Å². The van der Waals surface area contributed by atoms with Crippen LogP contribution < -0.4 is 10.5 Å². The van der Waals surface area contributed by atoms with Crippen molar-refractivity contribution >= 4 is 33.1 Å². The van der Waals surface area contributed by atoms with Gasteiger partial charge in [0, 0.05) is 10.7 Å². The van der Waals surface area contributed by atoms with E-state index in [2.05, 4.69) is 34.8 Å². The molecule has 1 heterocycles. The van der Waals surface area contributed by atoms with E-state index in [1.807, 2.05) is 18.2 Å². The molecule has 1 aromatic heterocycles. The highest BCUT2D eigenvalue weighted by atomic mass is 79.9. The smallest absolute Gasteiger partial charge is 0.229 e. The van der Waals surface area contributed by atoms with Crippen LogP contribution in [0.2, 0.25) is 0 Å². The van der Waals surface area contributed by atoms with Crippen molar-refractivity contribution in [3.8, 4) is 11.6 Å². The minimum absolute atomic E-state index is 0.274. The van der Waals surface area contributed by atoms with Crippen LogP contribution >= 0.6 is 28.1 Å². The van der Waals surface area contributed by atoms with Crippen molar-refractivity contribution in [2.24, 2.45) is 5.73 Å². The van der Waals surface area contributed by atoms with Gasteiger partial charge < -0.3 is 10.5 Å². The molecule has 0 unspecified atom stereocenters. The molecule has 0 amide bonds. The van der Waals surface area contributed by atoms with Crippen LogP contribution in [0.3, 0.4) is 0 Å². The first-order chi connectivity index (χ1) is 9.49. The van der Waals surface area contributed by atoms with Gasteiger partial charge in [0.25, 0.3) is 0 Å². The molecule has 0 bridgehead atoms. The maximum atomic E-state index is 5.92. The first-order valence-corrected chi connectivity index (χ1v) is 7.41. The van der Waals surface area contributed by atoms with Gasteiger partial charge in [-0.25, -0.2) is 4.98 Å². The van der Waals surface area contributed by atoms with E-state index in [1.54, 1.807) is 18.3 Å². The summed E-state index contributed by atoms with van der Waals surface area (Å²) in [6.45, 7) is 4.23. The van der Waals surface area contributed by atoms with Crippen LogP contribution in [0.25, 0.3) is 0 Å². The molecule has 0 aliphatic heterocycles. The van der Waals surface area contributed by atoms with Crippen molar-refractivity contribution < 1.29 is 4.74 Å². The monoisotopic (exact) mass is 350 g/mol. The number of hydrogen-bond donors (Lipinski definition) is 1. The summed E-state index contributed by atoms with van der Waals surface area (Å²) in [5.74, 6) is 1.53. The third kappa shape index (κ3) is 3.35. The average Bonchev–Trinajstić information content (AvgIpc) is 2.41. The Kier molecular flexibility index (Phi) is 4.73. The number of rotatable bonds is 4. The van der Waals surface area contributed by atoms with Gasteiger partial charge in [-0.2, -0.15) is 0 Å². The normalized spacial score (nSPS) is 10.6. The fourth-order valence-electron chi connectivity index (χ4n) is 1.83. The number of halogens is 1. The molecule has 2 rings (SSSR count). The van der Waals surface area contributed by atoms with Gasteiger partial charge in [0.15, 0.2) is 0 Å². The van der Waals surface area contributed by atoms with Gasteiger partial charge in [0.05, 0.1) is 5.56 Å². The van der Waals surface area contributed by atoms with Crippen LogP contribution in [0.1, 0.15) is 30.9 Å². The molecule has 5 heteroatoms. The van der Waals surface area contributed by atoms with E-state index < -0.39 is 0 Å². The largest absolute Gasteiger partial charge is 0.438 e. The predicted molar refractivity (Wildman–Crippen MR) is 88.4 cm³/mol. The fraction of sp³-hybridized carbons (Fsp3) is 0.200. The second-order valence-corrected chi connectivity index (χ2v) is 6.01. The second-order valence-electron chi connectivity index (χ2n) is 4.66. The zero-order valence-electron chi connectivity index (χ0n) is 11.3. The van der Waals surface area contributed by atoms with Gasteiger partial charge in [-0.3, -0.25) is 0 Å². The number of nitrogens with zero attached hydrogens (tertiary/aromatic N) is 1. The molecular formula is C15H15BrN2OS.